The molecule has 3 rings (SSSR count). The molecule has 0 fully saturated rings. The van der Waals surface area contributed by atoms with E-state index in [0.717, 1.165) is 37.6 Å². The summed E-state index contributed by atoms with van der Waals surface area (Å²) in [4.78, 5) is 14.3. The molecule has 0 bridgehead atoms. The predicted molar refractivity (Wildman–Crippen MR) is 89.8 cm³/mol. The van der Waals surface area contributed by atoms with Gasteiger partial charge in [0.25, 0.3) is 0 Å². The predicted octanol–water partition coefficient (Wildman–Crippen LogP) is 3.42. The van der Waals surface area contributed by atoms with Gasteiger partial charge in [0.15, 0.2) is 0 Å². The third-order valence-electron chi connectivity index (χ3n) is 4.28. The molecule has 0 saturated carbocycles. The van der Waals surface area contributed by atoms with E-state index in [1.807, 2.05) is 18.2 Å². The van der Waals surface area contributed by atoms with Crippen molar-refractivity contribution in [3.05, 3.63) is 65.2 Å². The monoisotopic (exact) mass is 330 g/mol. The molecule has 24 heavy (non-hydrogen) atoms. The number of nitrogens with one attached hydrogen (secondary N) is 1. The maximum atomic E-state index is 13.6. The van der Waals surface area contributed by atoms with Gasteiger partial charge in [0.05, 0.1) is 6.54 Å². The van der Waals surface area contributed by atoms with Crippen LogP contribution in [-0.2, 0) is 17.8 Å². The van der Waals surface area contributed by atoms with Gasteiger partial charge in [0.1, 0.15) is 11.6 Å². The SMILES string of the molecule is O=C(CN1CCCCc2ccccc21)NCc1ccc(F)cc1F. The lowest BCUT2D eigenvalue weighted by Gasteiger charge is -2.24. The molecule has 1 N–H and O–H groups in total. The quantitative estimate of drug-likeness (QED) is 0.931. The van der Waals surface area contributed by atoms with Crippen LogP contribution < -0.4 is 10.2 Å². The van der Waals surface area contributed by atoms with E-state index < -0.39 is 11.6 Å². The summed E-state index contributed by atoms with van der Waals surface area (Å²) < 4.78 is 26.5. The number of halogens is 2. The number of nitrogens with zero attached hydrogens (tertiary/aromatic N) is 1. The second-order valence-electron chi connectivity index (χ2n) is 6.02. The minimum atomic E-state index is -0.643. The molecule has 5 heteroatoms. The van der Waals surface area contributed by atoms with Crippen molar-refractivity contribution in [2.24, 2.45) is 0 Å². The Morgan fingerprint density at radius 1 is 1.12 bits per heavy atom. The third kappa shape index (κ3) is 3.91. The van der Waals surface area contributed by atoms with Crippen molar-refractivity contribution in [3.63, 3.8) is 0 Å². The highest BCUT2D eigenvalue weighted by atomic mass is 19.1. The van der Waals surface area contributed by atoms with E-state index in [4.69, 9.17) is 0 Å². The first kappa shape index (κ1) is 16.4. The van der Waals surface area contributed by atoms with Crippen molar-refractivity contribution in [2.45, 2.75) is 25.8 Å². The maximum absolute atomic E-state index is 13.6. The molecule has 1 heterocycles. The first-order valence-electron chi connectivity index (χ1n) is 8.17. The molecular weight excluding hydrogens is 310 g/mol. The van der Waals surface area contributed by atoms with Crippen LogP contribution in [0, 0.1) is 11.6 Å². The van der Waals surface area contributed by atoms with Crippen LogP contribution in [-0.4, -0.2) is 19.0 Å². The molecule has 126 valence electrons. The van der Waals surface area contributed by atoms with E-state index in [2.05, 4.69) is 16.3 Å². The summed E-state index contributed by atoms with van der Waals surface area (Å²) in [6, 6.07) is 11.5. The summed E-state index contributed by atoms with van der Waals surface area (Å²) in [5.74, 6) is -1.44. The first-order chi connectivity index (χ1) is 11.6. The number of hydrogen-bond acceptors (Lipinski definition) is 2. The van der Waals surface area contributed by atoms with E-state index in [1.165, 1.54) is 17.7 Å². The second-order valence-corrected chi connectivity index (χ2v) is 6.02. The Hall–Kier alpha value is -2.43. The van der Waals surface area contributed by atoms with E-state index in [9.17, 15) is 13.6 Å². The molecular formula is C19H20F2N2O. The normalized spacial score (nSPS) is 14.0. The lowest BCUT2D eigenvalue weighted by atomic mass is 10.1. The average Bonchev–Trinajstić information content (AvgIpc) is 2.77. The van der Waals surface area contributed by atoms with Gasteiger partial charge in [-0.25, -0.2) is 8.78 Å². The van der Waals surface area contributed by atoms with Crippen molar-refractivity contribution in [1.82, 2.24) is 5.32 Å². The number of carbonyl (C=O) groups excluding carboxylic acids is 1. The fourth-order valence-electron chi connectivity index (χ4n) is 3.02. The number of benzene rings is 2. The standard InChI is InChI=1S/C19H20F2N2O/c20-16-9-8-15(17(21)11-16)12-22-19(24)13-23-10-4-3-6-14-5-1-2-7-18(14)23/h1-2,5,7-9,11H,3-4,6,10,12-13H2,(H,22,24). The van der Waals surface area contributed by atoms with E-state index in [-0.39, 0.29) is 24.6 Å². The Kier molecular flexibility index (Phi) is 5.08. The van der Waals surface area contributed by atoms with E-state index in [1.54, 1.807) is 0 Å². The number of hydrogen-bond donors (Lipinski definition) is 1. The Morgan fingerprint density at radius 2 is 1.96 bits per heavy atom. The Bertz CT molecular complexity index is 733. The fraction of sp³-hybridized carbons (Fsp3) is 0.316. The molecule has 1 amide bonds. The topological polar surface area (TPSA) is 32.3 Å². The van der Waals surface area contributed by atoms with Gasteiger partial charge in [0.2, 0.25) is 5.91 Å². The van der Waals surface area contributed by atoms with E-state index >= 15 is 0 Å². The molecule has 0 aromatic heterocycles. The highest BCUT2D eigenvalue weighted by Gasteiger charge is 2.17. The van der Waals surface area contributed by atoms with Gasteiger partial charge in [0, 0.05) is 30.4 Å². The van der Waals surface area contributed by atoms with Crippen LogP contribution in [0.15, 0.2) is 42.5 Å². The van der Waals surface area contributed by atoms with Crippen LogP contribution in [0.25, 0.3) is 0 Å². The smallest absolute Gasteiger partial charge is 0.239 e. The molecule has 3 nitrogen and oxygen atoms in total. The molecule has 0 aliphatic carbocycles. The molecule has 0 saturated heterocycles. The Balaban J connectivity index is 1.62. The zero-order valence-electron chi connectivity index (χ0n) is 13.4. The van der Waals surface area contributed by atoms with Crippen molar-refractivity contribution < 1.29 is 13.6 Å². The third-order valence-corrected chi connectivity index (χ3v) is 4.28. The molecule has 2 aromatic carbocycles. The molecule has 1 aliphatic heterocycles. The number of para-hydroxylation sites is 1. The minimum absolute atomic E-state index is 0.0560. The van der Waals surface area contributed by atoms with Gasteiger partial charge in [-0.3, -0.25) is 4.79 Å². The number of aryl methyl sites for hydroxylation is 1. The summed E-state index contributed by atoms with van der Waals surface area (Å²) in [5, 5.41) is 2.71. The molecule has 0 radical (unpaired) electrons. The number of anilines is 1. The van der Waals surface area contributed by atoms with Gasteiger partial charge in [-0.15, -0.1) is 0 Å². The van der Waals surface area contributed by atoms with Gasteiger partial charge < -0.3 is 10.2 Å². The maximum Gasteiger partial charge on any atom is 0.239 e. The van der Waals surface area contributed by atoms with Crippen molar-refractivity contribution in [2.75, 3.05) is 18.0 Å². The summed E-state index contributed by atoms with van der Waals surface area (Å²) in [6.07, 6.45) is 3.17. The first-order valence-corrected chi connectivity index (χ1v) is 8.17. The fourth-order valence-corrected chi connectivity index (χ4v) is 3.02. The number of rotatable bonds is 4. The lowest BCUT2D eigenvalue weighted by molar-refractivity contribution is -0.119. The van der Waals surface area contributed by atoms with Crippen molar-refractivity contribution >= 4 is 11.6 Å². The highest BCUT2D eigenvalue weighted by molar-refractivity contribution is 5.81. The molecule has 0 spiro atoms. The average molecular weight is 330 g/mol. The van der Waals surface area contributed by atoms with Gasteiger partial charge in [-0.05, 0) is 37.0 Å². The summed E-state index contributed by atoms with van der Waals surface area (Å²) >= 11 is 0. The van der Waals surface area contributed by atoms with Crippen LogP contribution in [0.3, 0.4) is 0 Å². The Labute approximate surface area is 140 Å². The van der Waals surface area contributed by atoms with E-state index in [0.29, 0.717) is 0 Å². The van der Waals surface area contributed by atoms with Crippen LogP contribution in [0.5, 0.6) is 0 Å². The summed E-state index contributed by atoms with van der Waals surface area (Å²) in [7, 11) is 0. The van der Waals surface area contributed by atoms with Crippen LogP contribution in [0.4, 0.5) is 14.5 Å². The lowest BCUT2D eigenvalue weighted by Crippen LogP contribution is -2.37. The molecule has 0 atom stereocenters. The second kappa shape index (κ2) is 7.43. The molecule has 1 aliphatic rings. The van der Waals surface area contributed by atoms with Gasteiger partial charge >= 0.3 is 0 Å². The number of fused-ring (bicyclic) bond motifs is 1. The zero-order valence-corrected chi connectivity index (χ0v) is 13.4. The summed E-state index contributed by atoms with van der Waals surface area (Å²) in [6.45, 7) is 1.12. The van der Waals surface area contributed by atoms with Gasteiger partial charge in [-0.2, -0.15) is 0 Å². The van der Waals surface area contributed by atoms with Crippen LogP contribution in [0.1, 0.15) is 24.0 Å². The number of carbonyl (C=O) groups is 1. The molecule has 2 aromatic rings. The zero-order chi connectivity index (χ0) is 16.9. The van der Waals surface area contributed by atoms with Gasteiger partial charge in [-0.1, -0.05) is 24.3 Å². The van der Waals surface area contributed by atoms with Crippen LogP contribution in [0.2, 0.25) is 0 Å². The minimum Gasteiger partial charge on any atom is -0.362 e. The van der Waals surface area contributed by atoms with Crippen molar-refractivity contribution in [1.29, 1.82) is 0 Å². The highest BCUT2D eigenvalue weighted by Crippen LogP contribution is 2.25. The van der Waals surface area contributed by atoms with Crippen molar-refractivity contribution in [3.8, 4) is 0 Å². The summed E-state index contributed by atoms with van der Waals surface area (Å²) in [5.41, 5.74) is 2.63. The largest absolute Gasteiger partial charge is 0.362 e. The molecule has 0 unspecified atom stereocenters. The van der Waals surface area contributed by atoms with Crippen LogP contribution >= 0.6 is 0 Å². The number of amides is 1. The Morgan fingerprint density at radius 3 is 2.79 bits per heavy atom.